The summed E-state index contributed by atoms with van der Waals surface area (Å²) in [5, 5.41) is 11.8. The zero-order valence-electron chi connectivity index (χ0n) is 17.6. The van der Waals surface area contributed by atoms with Crippen molar-refractivity contribution >= 4 is 40.3 Å². The molecule has 0 aliphatic heterocycles. The third-order valence-corrected chi connectivity index (χ3v) is 5.95. The summed E-state index contributed by atoms with van der Waals surface area (Å²) in [5.74, 6) is -2.36. The molecule has 1 aromatic heterocycles. The van der Waals surface area contributed by atoms with Gasteiger partial charge in [0.2, 0.25) is 0 Å². The zero-order chi connectivity index (χ0) is 22.8. The van der Waals surface area contributed by atoms with Crippen LogP contribution in [0.4, 0.5) is 8.78 Å². The van der Waals surface area contributed by atoms with E-state index in [1.54, 1.807) is 24.3 Å². The number of aromatic carboxylic acids is 1. The van der Waals surface area contributed by atoms with Gasteiger partial charge in [-0.25, -0.2) is 13.8 Å². The number of hydrogen-bond acceptors (Lipinski definition) is 4. The van der Waals surface area contributed by atoms with E-state index in [9.17, 15) is 18.7 Å². The van der Waals surface area contributed by atoms with E-state index in [4.69, 9.17) is 27.9 Å². The Morgan fingerprint density at radius 2 is 1.76 bits per heavy atom. The number of carboxylic acid groups (broad SMARTS) is 1. The fraction of sp³-hybridized carbons (Fsp3) is 0.167. The Labute approximate surface area is 221 Å². The first-order valence-corrected chi connectivity index (χ1v) is 10.6. The molecule has 0 radical (unpaired) electrons. The first kappa shape index (κ1) is 25.7. The fourth-order valence-corrected chi connectivity index (χ4v) is 4.04. The van der Waals surface area contributed by atoms with Gasteiger partial charge in [0.25, 0.3) is 0 Å². The van der Waals surface area contributed by atoms with Crippen molar-refractivity contribution < 1.29 is 53.0 Å². The van der Waals surface area contributed by atoms with Crippen LogP contribution >= 0.6 is 23.2 Å². The van der Waals surface area contributed by atoms with Crippen LogP contribution in [0.3, 0.4) is 0 Å². The summed E-state index contributed by atoms with van der Waals surface area (Å²) in [6.07, 6.45) is 2.20. The number of hydrogen-bond donors (Lipinski definition) is 0. The number of carboxylic acids is 1. The minimum absolute atomic E-state index is 0. The summed E-state index contributed by atoms with van der Waals surface area (Å²) < 4.78 is 33.1. The molecule has 9 heteroatoms. The van der Waals surface area contributed by atoms with Crippen molar-refractivity contribution in [3.8, 4) is 5.75 Å². The number of halogens is 4. The zero-order valence-corrected chi connectivity index (χ0v) is 21.1. The van der Waals surface area contributed by atoms with Crippen LogP contribution in [-0.4, -0.2) is 11.0 Å². The molecule has 0 amide bonds. The van der Waals surface area contributed by atoms with E-state index < -0.39 is 17.6 Å². The van der Waals surface area contributed by atoms with E-state index in [0.29, 0.717) is 34.9 Å². The number of pyridine rings is 1. The topological polar surface area (TPSA) is 62.2 Å². The molecule has 1 heterocycles. The first-order valence-electron chi connectivity index (χ1n) is 9.80. The van der Waals surface area contributed by atoms with Gasteiger partial charge in [0, 0.05) is 23.3 Å². The van der Waals surface area contributed by atoms with Gasteiger partial charge in [-0.05, 0) is 60.7 Å². The molecular formula is C24H16Cl2F2NNaO3. The predicted octanol–water partition coefficient (Wildman–Crippen LogP) is 2.71. The maximum absolute atomic E-state index is 14.0. The number of carbonyl (C=O) groups is 1. The Morgan fingerprint density at radius 1 is 1.03 bits per heavy atom. The van der Waals surface area contributed by atoms with Crippen LogP contribution in [0.15, 0.2) is 48.5 Å². The molecule has 0 bridgehead atoms. The van der Waals surface area contributed by atoms with Gasteiger partial charge in [0.1, 0.15) is 24.0 Å². The summed E-state index contributed by atoms with van der Waals surface area (Å²) in [5.41, 5.74) is 2.98. The molecule has 1 aliphatic carbocycles. The molecule has 0 saturated heterocycles. The van der Waals surface area contributed by atoms with Gasteiger partial charge in [-0.3, -0.25) is 0 Å². The number of carbonyl (C=O) groups excluding carboxylic acids is 1. The average molecular weight is 498 g/mol. The number of aromatic nitrogens is 1. The van der Waals surface area contributed by atoms with Gasteiger partial charge in [0.05, 0.1) is 27.4 Å². The van der Waals surface area contributed by atoms with Crippen molar-refractivity contribution in [3.05, 3.63) is 92.7 Å². The normalized spacial score (nSPS) is 13.1. The minimum Gasteiger partial charge on any atom is -0.543 e. The molecule has 1 aliphatic rings. The van der Waals surface area contributed by atoms with E-state index in [2.05, 4.69) is 4.98 Å². The van der Waals surface area contributed by atoms with Crippen LogP contribution in [0.25, 0.3) is 11.1 Å². The van der Waals surface area contributed by atoms with Crippen molar-refractivity contribution in [3.63, 3.8) is 0 Å². The Balaban J connectivity index is 0.00000306. The Kier molecular flexibility index (Phi) is 8.54. The number of benzene rings is 2. The molecule has 0 unspecified atom stereocenters. The molecule has 0 atom stereocenters. The molecular weight excluding hydrogens is 482 g/mol. The molecule has 0 fully saturated rings. The van der Waals surface area contributed by atoms with E-state index in [0.717, 1.165) is 29.7 Å². The van der Waals surface area contributed by atoms with Crippen molar-refractivity contribution in [1.82, 2.24) is 4.98 Å². The van der Waals surface area contributed by atoms with E-state index in [1.165, 1.54) is 12.1 Å². The van der Waals surface area contributed by atoms with Crippen LogP contribution in [0.5, 0.6) is 5.75 Å². The van der Waals surface area contributed by atoms with E-state index in [-0.39, 0.29) is 52.4 Å². The molecule has 4 nitrogen and oxygen atoms in total. The van der Waals surface area contributed by atoms with Crippen LogP contribution in [0.2, 0.25) is 10.0 Å². The first-order chi connectivity index (χ1) is 15.3. The molecule has 4 rings (SSSR count). The van der Waals surface area contributed by atoms with Gasteiger partial charge < -0.3 is 14.6 Å². The average Bonchev–Trinajstić information content (AvgIpc) is 3.25. The summed E-state index contributed by atoms with van der Waals surface area (Å²) >= 11 is 12.5. The van der Waals surface area contributed by atoms with Crippen molar-refractivity contribution in [2.24, 2.45) is 0 Å². The summed E-state index contributed by atoms with van der Waals surface area (Å²) in [7, 11) is 0. The maximum atomic E-state index is 14.0. The van der Waals surface area contributed by atoms with Gasteiger partial charge >= 0.3 is 29.6 Å². The second-order valence-corrected chi connectivity index (χ2v) is 8.11. The SMILES string of the molecule is O=C([O-])c1cccc(C2=C(c3cc(Cl)c(Cl)cc3OCc3ccc(F)cc3F)CCC2)n1.[Na+]. The second kappa shape index (κ2) is 11.0. The molecule has 33 heavy (non-hydrogen) atoms. The van der Waals surface area contributed by atoms with Gasteiger partial charge in [0.15, 0.2) is 0 Å². The van der Waals surface area contributed by atoms with Crippen molar-refractivity contribution in [1.29, 1.82) is 0 Å². The van der Waals surface area contributed by atoms with Gasteiger partial charge in [-0.15, -0.1) is 0 Å². The molecule has 0 saturated carbocycles. The fourth-order valence-electron chi connectivity index (χ4n) is 3.72. The largest absolute Gasteiger partial charge is 1.00 e. The number of nitrogens with zero attached hydrogens (tertiary/aromatic N) is 1. The maximum Gasteiger partial charge on any atom is 1.00 e. The van der Waals surface area contributed by atoms with Crippen molar-refractivity contribution in [2.45, 2.75) is 25.9 Å². The Hall–Kier alpha value is -1.96. The molecule has 0 spiro atoms. The van der Waals surface area contributed by atoms with Crippen LogP contribution < -0.4 is 39.4 Å². The van der Waals surface area contributed by atoms with Crippen molar-refractivity contribution in [2.75, 3.05) is 0 Å². The third kappa shape index (κ3) is 5.76. The van der Waals surface area contributed by atoms with Gasteiger partial charge in [-0.2, -0.15) is 0 Å². The summed E-state index contributed by atoms with van der Waals surface area (Å²) in [4.78, 5) is 15.4. The standard InChI is InChI=1S/C24H17Cl2F2NO3.Na/c25-18-10-17(15-3-1-4-16(15)21-5-2-6-22(29-21)24(30)31)23(11-19(18)26)32-12-13-7-8-14(27)9-20(13)28;/h2,5-11H,1,3-4,12H2,(H,30,31);/q;+1/p-1. The Morgan fingerprint density at radius 3 is 2.48 bits per heavy atom. The summed E-state index contributed by atoms with van der Waals surface area (Å²) in [6.45, 7) is -0.141. The number of rotatable bonds is 6. The monoisotopic (exact) mass is 497 g/mol. The van der Waals surface area contributed by atoms with E-state index >= 15 is 0 Å². The molecule has 164 valence electrons. The number of ether oxygens (including phenoxy) is 1. The molecule has 3 aromatic rings. The summed E-state index contributed by atoms with van der Waals surface area (Å²) in [6, 6.07) is 11.2. The third-order valence-electron chi connectivity index (χ3n) is 5.23. The smallest absolute Gasteiger partial charge is 0.543 e. The van der Waals surface area contributed by atoms with Crippen LogP contribution in [-0.2, 0) is 6.61 Å². The molecule has 2 aromatic carbocycles. The van der Waals surface area contributed by atoms with Crippen LogP contribution in [0, 0.1) is 11.6 Å². The predicted molar refractivity (Wildman–Crippen MR) is 116 cm³/mol. The quantitative estimate of drug-likeness (QED) is 0.491. The molecule has 0 N–H and O–H groups in total. The van der Waals surface area contributed by atoms with E-state index in [1.807, 2.05) is 0 Å². The Bertz CT molecular complexity index is 1250. The minimum atomic E-state index is -1.35. The van der Waals surface area contributed by atoms with Gasteiger partial charge in [-0.1, -0.05) is 29.3 Å². The van der Waals surface area contributed by atoms with Crippen LogP contribution in [0.1, 0.15) is 46.6 Å². The second-order valence-electron chi connectivity index (χ2n) is 7.29. The number of allylic oxidation sites excluding steroid dienone is 2.